The quantitative estimate of drug-likeness (QED) is 0.0548. The lowest BCUT2D eigenvalue weighted by atomic mass is 9.86. The largest absolute Gasteiger partial charge is 0.379 e. The Morgan fingerprint density at radius 2 is 1.48 bits per heavy atom. The number of imide groups is 2. The number of hydrogen-bond acceptors (Lipinski definition) is 15. The fraction of sp³-hybridized carbons (Fsp3) is 0.726. The highest BCUT2D eigenvalue weighted by Gasteiger charge is 2.45. The van der Waals surface area contributed by atoms with Gasteiger partial charge in [0, 0.05) is 82.2 Å². The molecule has 2 aromatic rings. The maximum atomic E-state index is 14.7. The van der Waals surface area contributed by atoms with Gasteiger partial charge in [0.2, 0.25) is 29.5 Å². The van der Waals surface area contributed by atoms with Gasteiger partial charge in [0.15, 0.2) is 0 Å². The molecular formula is C62H97N9O13. The van der Waals surface area contributed by atoms with Crippen molar-refractivity contribution in [1.82, 2.24) is 45.8 Å². The maximum absolute atomic E-state index is 14.7. The Bertz CT molecular complexity index is 2550. The standard InChI is InChI=1S/C62H97N9O13/c1-12-40(6)56(49(81-10)36-53(75)69-32-20-23-48(69)57(82-11)41(7)58(76)65-47(61(79)70-33-18-19-34-83-70)35-43-37-63-46-22-16-15-21-45(43)46)68(9)55(39(4)5)60(78)66-59(77)54(38(2)3)67(8)31-17-13-14-24-50(72)64-44-27-25-42(26-28-44)62(80)84-71-51(73)29-30-52(71)74/h15-16,21-22,37-42,44,47-49,54-57,63H,12-14,17-20,23-36H2,1-11H3,(H,64,72)(H,65,76)(H,66,77,78)/t40-,41+,42-,44-,47-,48-,49+,54-,55-,56-,57+/m0/s1. The van der Waals surface area contributed by atoms with Gasteiger partial charge in [-0.2, -0.15) is 0 Å². The van der Waals surface area contributed by atoms with Crippen LogP contribution >= 0.6 is 0 Å². The number of rotatable bonds is 30. The fourth-order valence-corrected chi connectivity index (χ4v) is 13.1. The third kappa shape index (κ3) is 17.4. The second kappa shape index (κ2) is 32.1. The molecule has 84 heavy (non-hydrogen) atoms. The van der Waals surface area contributed by atoms with E-state index < -0.39 is 83.9 Å². The average molecular weight is 1180 g/mol. The molecule has 4 heterocycles. The monoisotopic (exact) mass is 1180 g/mol. The zero-order valence-corrected chi connectivity index (χ0v) is 51.8. The molecule has 8 amide bonds. The van der Waals surface area contributed by atoms with Crippen molar-refractivity contribution in [1.29, 1.82) is 0 Å². The molecule has 6 rings (SSSR count). The van der Waals surface area contributed by atoms with E-state index in [9.17, 15) is 43.2 Å². The van der Waals surface area contributed by atoms with Crippen LogP contribution in [0.2, 0.25) is 0 Å². The summed E-state index contributed by atoms with van der Waals surface area (Å²) >= 11 is 0. The predicted molar refractivity (Wildman–Crippen MR) is 315 cm³/mol. The summed E-state index contributed by atoms with van der Waals surface area (Å²) in [6.07, 6.45) is 9.04. The summed E-state index contributed by atoms with van der Waals surface area (Å²) in [5.41, 5.74) is 1.81. The normalized spacial score (nSPS) is 21.6. The molecule has 0 unspecified atom stereocenters. The van der Waals surface area contributed by atoms with Crippen molar-refractivity contribution in [2.45, 2.75) is 206 Å². The number of nitrogens with zero attached hydrogens (tertiary/aromatic N) is 5. The first-order valence-corrected chi connectivity index (χ1v) is 30.9. The number of methoxy groups -OCH3 is 2. The van der Waals surface area contributed by atoms with Crippen molar-refractivity contribution in [3.05, 3.63) is 36.0 Å². The highest BCUT2D eigenvalue weighted by atomic mass is 16.7. The van der Waals surface area contributed by atoms with Gasteiger partial charge in [0.1, 0.15) is 6.04 Å². The van der Waals surface area contributed by atoms with Crippen LogP contribution in [-0.4, -0.2) is 186 Å². The van der Waals surface area contributed by atoms with E-state index in [2.05, 4.69) is 34.8 Å². The van der Waals surface area contributed by atoms with Crippen molar-refractivity contribution >= 4 is 64.1 Å². The van der Waals surface area contributed by atoms with Crippen molar-refractivity contribution in [2.75, 3.05) is 54.6 Å². The summed E-state index contributed by atoms with van der Waals surface area (Å²) < 4.78 is 12.3. The Labute approximate surface area is 496 Å². The molecule has 9 atom stereocenters. The molecule has 3 aliphatic heterocycles. The van der Waals surface area contributed by atoms with Crippen LogP contribution in [0.15, 0.2) is 30.5 Å². The summed E-state index contributed by atoms with van der Waals surface area (Å²) in [6.45, 7) is 15.5. The molecule has 4 N–H and O–H groups in total. The van der Waals surface area contributed by atoms with Crippen LogP contribution in [0.3, 0.4) is 0 Å². The molecule has 1 aliphatic carbocycles. The fourth-order valence-electron chi connectivity index (χ4n) is 13.1. The molecule has 1 aromatic heterocycles. The number of hydroxylamine groups is 4. The second-order valence-electron chi connectivity index (χ2n) is 24.5. The smallest absolute Gasteiger partial charge is 0.336 e. The van der Waals surface area contributed by atoms with Crippen LogP contribution in [0.25, 0.3) is 10.9 Å². The highest BCUT2D eigenvalue weighted by Crippen LogP contribution is 2.32. The van der Waals surface area contributed by atoms with E-state index in [1.54, 1.807) is 26.0 Å². The van der Waals surface area contributed by atoms with E-state index in [1.165, 1.54) is 5.06 Å². The van der Waals surface area contributed by atoms with E-state index in [4.69, 9.17) is 19.1 Å². The molecule has 22 heteroatoms. The van der Waals surface area contributed by atoms with Crippen molar-refractivity contribution in [3.8, 4) is 0 Å². The maximum Gasteiger partial charge on any atom is 0.336 e. The van der Waals surface area contributed by atoms with Crippen molar-refractivity contribution in [3.63, 3.8) is 0 Å². The molecule has 468 valence electrons. The van der Waals surface area contributed by atoms with Crippen LogP contribution in [0, 0.1) is 29.6 Å². The summed E-state index contributed by atoms with van der Waals surface area (Å²) in [6, 6.07) is 4.58. The summed E-state index contributed by atoms with van der Waals surface area (Å²) in [5, 5.41) is 11.8. The van der Waals surface area contributed by atoms with Gasteiger partial charge in [0.25, 0.3) is 17.7 Å². The molecule has 1 aromatic carbocycles. The van der Waals surface area contributed by atoms with E-state index in [1.807, 2.05) is 82.1 Å². The SMILES string of the molecule is CC[C@H](C)[C@@H]([C@@H](CC(=O)N1CCC[C@H]1[C@H](OC)[C@@H](C)C(=O)N[C@@H](Cc1c[nH]c2ccccc12)C(=O)N1CCCCO1)OC)N(C)[C@H](C(=O)NC(=O)[C@H](C(C)C)N(C)CCCCCC(=O)N[C@H]1CC[C@H](C(=O)ON2C(=O)CCC2=O)CC1)C(C)C. The number of carbonyl (C=O) groups excluding carboxylic acids is 9. The number of H-pyrrole nitrogens is 1. The molecule has 0 bridgehead atoms. The summed E-state index contributed by atoms with van der Waals surface area (Å²) in [5.74, 6) is -5.01. The van der Waals surface area contributed by atoms with Crippen LogP contribution in [0.4, 0.5) is 0 Å². The number of likely N-dealkylation sites (N-methyl/N-ethyl adjacent to an activating group) is 2. The molecule has 22 nitrogen and oxygen atoms in total. The Hall–Kier alpha value is -5.81. The number of likely N-dealkylation sites (tertiary alicyclic amines) is 1. The lowest BCUT2D eigenvalue weighted by molar-refractivity contribution is -0.201. The van der Waals surface area contributed by atoms with Gasteiger partial charge in [-0.05, 0) is 114 Å². The molecule has 4 fully saturated rings. The van der Waals surface area contributed by atoms with E-state index in [-0.39, 0.29) is 73.1 Å². The zero-order chi connectivity index (χ0) is 61.4. The van der Waals surface area contributed by atoms with Crippen molar-refractivity contribution in [2.24, 2.45) is 29.6 Å². The van der Waals surface area contributed by atoms with Crippen molar-refractivity contribution < 1.29 is 62.3 Å². The Balaban J connectivity index is 1.01. The van der Waals surface area contributed by atoms with Gasteiger partial charge < -0.3 is 34.8 Å². The highest BCUT2D eigenvalue weighted by molar-refractivity contribution is 6.02. The van der Waals surface area contributed by atoms with Gasteiger partial charge in [0.05, 0.1) is 55.2 Å². The minimum atomic E-state index is -0.919. The lowest BCUT2D eigenvalue weighted by Crippen LogP contribution is -2.60. The zero-order valence-electron chi connectivity index (χ0n) is 51.8. The third-order valence-electron chi connectivity index (χ3n) is 17.9. The van der Waals surface area contributed by atoms with E-state index >= 15 is 0 Å². The predicted octanol–water partition coefficient (Wildman–Crippen LogP) is 5.61. The lowest BCUT2D eigenvalue weighted by Gasteiger charge is -2.43. The van der Waals surface area contributed by atoms with Crippen LogP contribution in [0.1, 0.15) is 157 Å². The average Bonchev–Trinajstić information content (AvgIpc) is 3.83. The molecule has 3 saturated heterocycles. The topological polar surface area (TPSA) is 259 Å². The van der Waals surface area contributed by atoms with Crippen LogP contribution < -0.4 is 16.0 Å². The number of benzene rings is 1. The number of aromatic nitrogens is 1. The number of para-hydroxylation sites is 1. The van der Waals surface area contributed by atoms with E-state index in [0.717, 1.165) is 42.1 Å². The number of amides is 8. The third-order valence-corrected chi connectivity index (χ3v) is 17.9. The minimum Gasteiger partial charge on any atom is -0.379 e. The van der Waals surface area contributed by atoms with E-state index in [0.29, 0.717) is 89.1 Å². The second-order valence-corrected chi connectivity index (χ2v) is 24.5. The number of hydrogen-bond donors (Lipinski definition) is 4. The summed E-state index contributed by atoms with van der Waals surface area (Å²) in [4.78, 5) is 141. The number of carbonyl (C=O) groups is 9. The molecule has 1 saturated carbocycles. The van der Waals surface area contributed by atoms with Gasteiger partial charge in [-0.15, -0.1) is 5.06 Å². The number of unbranched alkanes of at least 4 members (excludes halogenated alkanes) is 2. The molecular weight excluding hydrogens is 1080 g/mol. The Morgan fingerprint density at radius 3 is 2.11 bits per heavy atom. The van der Waals surface area contributed by atoms with Gasteiger partial charge in [-0.25, -0.2) is 9.86 Å². The van der Waals surface area contributed by atoms with Gasteiger partial charge in [-0.1, -0.05) is 79.5 Å². The van der Waals surface area contributed by atoms with Gasteiger partial charge >= 0.3 is 5.97 Å². The summed E-state index contributed by atoms with van der Waals surface area (Å²) in [7, 11) is 6.85. The first-order valence-electron chi connectivity index (χ1n) is 30.9. The number of fused-ring (bicyclic) bond motifs is 1. The number of nitrogens with one attached hydrogen (secondary N) is 4. The Morgan fingerprint density at radius 1 is 0.798 bits per heavy atom. The molecule has 0 spiro atoms. The molecule has 0 radical (unpaired) electrons. The van der Waals surface area contributed by atoms with Crippen LogP contribution in [-0.2, 0) is 68.7 Å². The van der Waals surface area contributed by atoms with Gasteiger partial charge in [-0.3, -0.25) is 58.3 Å². The first kappa shape index (κ1) is 67.3. The van der Waals surface area contributed by atoms with Crippen LogP contribution in [0.5, 0.6) is 0 Å². The number of ether oxygens (including phenoxy) is 2. The minimum absolute atomic E-state index is 0.00685. The molecule has 4 aliphatic rings. The first-order chi connectivity index (χ1) is 40.1. The number of aromatic amines is 1. The Kier molecular flexibility index (Phi) is 25.7.